The minimum Gasteiger partial charge on any atom is -0.493 e. The number of fused-ring (bicyclic) bond motifs is 1. The van der Waals surface area contributed by atoms with E-state index in [9.17, 15) is 4.79 Å². The van der Waals surface area contributed by atoms with Gasteiger partial charge in [-0.15, -0.1) is 0 Å². The lowest BCUT2D eigenvalue weighted by Crippen LogP contribution is -2.26. The van der Waals surface area contributed by atoms with E-state index in [1.54, 1.807) is 6.07 Å². The molecule has 1 aromatic heterocycles. The maximum Gasteiger partial charge on any atom is 0.336 e. The highest BCUT2D eigenvalue weighted by Crippen LogP contribution is 2.29. The summed E-state index contributed by atoms with van der Waals surface area (Å²) in [6, 6.07) is 5.50. The van der Waals surface area contributed by atoms with E-state index in [0.29, 0.717) is 18.6 Å². The molecule has 2 aromatic rings. The van der Waals surface area contributed by atoms with Crippen molar-refractivity contribution in [1.29, 1.82) is 0 Å². The van der Waals surface area contributed by atoms with Crippen LogP contribution < -0.4 is 10.4 Å². The van der Waals surface area contributed by atoms with E-state index in [1.807, 2.05) is 19.1 Å². The molecule has 0 radical (unpaired) electrons. The zero-order chi connectivity index (χ0) is 16.9. The fourth-order valence-corrected chi connectivity index (χ4v) is 3.01. The summed E-state index contributed by atoms with van der Waals surface area (Å²) in [5.74, 6) is 0.732. The molecule has 1 saturated heterocycles. The summed E-state index contributed by atoms with van der Waals surface area (Å²) in [4.78, 5) is 11.8. The minimum atomic E-state index is -0.310. The first-order valence-corrected chi connectivity index (χ1v) is 8.61. The first-order valence-electron chi connectivity index (χ1n) is 8.61. The highest BCUT2D eigenvalue weighted by atomic mass is 16.7. The molecule has 1 aromatic carbocycles. The van der Waals surface area contributed by atoms with Gasteiger partial charge in [0.1, 0.15) is 11.3 Å². The summed E-state index contributed by atoms with van der Waals surface area (Å²) >= 11 is 0. The fraction of sp³-hybridized carbons (Fsp3) is 0.526. The number of hydrogen-bond acceptors (Lipinski definition) is 5. The number of ether oxygens (including phenoxy) is 3. The third kappa shape index (κ3) is 3.79. The average Bonchev–Trinajstić information content (AvgIpc) is 2.59. The van der Waals surface area contributed by atoms with Crippen LogP contribution in [0.25, 0.3) is 11.0 Å². The van der Waals surface area contributed by atoms with Crippen LogP contribution in [0.4, 0.5) is 0 Å². The third-order valence-corrected chi connectivity index (χ3v) is 4.22. The molecule has 0 atom stereocenters. The van der Waals surface area contributed by atoms with Crippen molar-refractivity contribution in [1.82, 2.24) is 0 Å². The average molecular weight is 332 g/mol. The van der Waals surface area contributed by atoms with Crippen LogP contribution in [0.15, 0.2) is 27.4 Å². The second kappa shape index (κ2) is 7.81. The van der Waals surface area contributed by atoms with Crippen molar-refractivity contribution in [3.05, 3.63) is 39.7 Å². The van der Waals surface area contributed by atoms with E-state index < -0.39 is 0 Å². The molecule has 1 fully saturated rings. The SMILES string of the molecule is CCCc1cc(=O)oc2c(C)c(OCCC3OCCCO3)ccc12. The summed E-state index contributed by atoms with van der Waals surface area (Å²) in [7, 11) is 0. The highest BCUT2D eigenvalue weighted by Gasteiger charge is 2.15. The van der Waals surface area contributed by atoms with Crippen LogP contribution >= 0.6 is 0 Å². The van der Waals surface area contributed by atoms with Gasteiger partial charge in [0.25, 0.3) is 0 Å². The molecule has 5 heteroatoms. The van der Waals surface area contributed by atoms with Gasteiger partial charge >= 0.3 is 5.63 Å². The van der Waals surface area contributed by atoms with Crippen LogP contribution in [0.3, 0.4) is 0 Å². The van der Waals surface area contributed by atoms with Crippen LogP contribution in [0.5, 0.6) is 5.75 Å². The molecule has 3 rings (SSSR count). The van der Waals surface area contributed by atoms with Crippen LogP contribution in [0, 0.1) is 6.92 Å². The van der Waals surface area contributed by atoms with Gasteiger partial charge in [0, 0.05) is 23.4 Å². The Morgan fingerprint density at radius 1 is 1.25 bits per heavy atom. The number of rotatable bonds is 6. The molecule has 1 aliphatic rings. The topological polar surface area (TPSA) is 57.9 Å². The smallest absolute Gasteiger partial charge is 0.336 e. The summed E-state index contributed by atoms with van der Waals surface area (Å²) in [5.41, 5.74) is 2.19. The van der Waals surface area contributed by atoms with Gasteiger partial charge in [-0.3, -0.25) is 0 Å². The molecular weight excluding hydrogens is 308 g/mol. The Balaban J connectivity index is 1.76. The van der Waals surface area contributed by atoms with Gasteiger partial charge in [-0.25, -0.2) is 4.79 Å². The molecule has 1 aliphatic heterocycles. The second-order valence-electron chi connectivity index (χ2n) is 6.07. The fourth-order valence-electron chi connectivity index (χ4n) is 3.01. The molecule has 0 bridgehead atoms. The lowest BCUT2D eigenvalue weighted by molar-refractivity contribution is -0.183. The normalized spacial score (nSPS) is 15.8. The van der Waals surface area contributed by atoms with Gasteiger partial charge < -0.3 is 18.6 Å². The molecule has 0 saturated carbocycles. The second-order valence-corrected chi connectivity index (χ2v) is 6.07. The maximum absolute atomic E-state index is 11.8. The van der Waals surface area contributed by atoms with Crippen molar-refractivity contribution < 1.29 is 18.6 Å². The number of aryl methyl sites for hydroxylation is 2. The van der Waals surface area contributed by atoms with Gasteiger partial charge in [0.2, 0.25) is 0 Å². The zero-order valence-electron chi connectivity index (χ0n) is 14.3. The largest absolute Gasteiger partial charge is 0.493 e. The molecule has 0 spiro atoms. The Hall–Kier alpha value is -1.85. The van der Waals surface area contributed by atoms with E-state index in [0.717, 1.165) is 54.7 Å². The standard InChI is InChI=1S/C19H24O5/c1-3-5-14-12-17(20)24-19-13(2)16(7-6-15(14)19)21-11-8-18-22-9-4-10-23-18/h6-7,12,18H,3-5,8-11H2,1-2H3. The monoisotopic (exact) mass is 332 g/mol. The van der Waals surface area contributed by atoms with Crippen molar-refractivity contribution in [2.45, 2.75) is 45.8 Å². The zero-order valence-corrected chi connectivity index (χ0v) is 14.3. The Morgan fingerprint density at radius 3 is 2.79 bits per heavy atom. The van der Waals surface area contributed by atoms with Crippen LogP contribution in [-0.2, 0) is 15.9 Å². The maximum atomic E-state index is 11.8. The Bertz CT molecular complexity index is 743. The lowest BCUT2D eigenvalue weighted by atomic mass is 10.0. The van der Waals surface area contributed by atoms with Gasteiger partial charge in [0.05, 0.1) is 19.8 Å². The molecule has 0 N–H and O–H groups in total. The lowest BCUT2D eigenvalue weighted by Gasteiger charge is -2.23. The predicted molar refractivity (Wildman–Crippen MR) is 91.6 cm³/mol. The Kier molecular flexibility index (Phi) is 5.53. The van der Waals surface area contributed by atoms with Crippen molar-refractivity contribution in [3.8, 4) is 5.75 Å². The summed E-state index contributed by atoms with van der Waals surface area (Å²) in [6.07, 6.45) is 3.28. The number of benzene rings is 1. The Labute approximate surface area is 141 Å². The van der Waals surface area contributed by atoms with E-state index >= 15 is 0 Å². The molecule has 130 valence electrons. The predicted octanol–water partition coefficient (Wildman–Crippen LogP) is 3.59. The van der Waals surface area contributed by atoms with Gasteiger partial charge in [-0.1, -0.05) is 13.3 Å². The molecule has 24 heavy (non-hydrogen) atoms. The summed E-state index contributed by atoms with van der Waals surface area (Å²) in [5, 5.41) is 0.986. The number of hydrogen-bond donors (Lipinski definition) is 0. The van der Waals surface area contributed by atoms with Gasteiger partial charge in [0.15, 0.2) is 6.29 Å². The van der Waals surface area contributed by atoms with Gasteiger partial charge in [-0.05, 0) is 37.5 Å². The van der Waals surface area contributed by atoms with Crippen LogP contribution in [0.2, 0.25) is 0 Å². The van der Waals surface area contributed by atoms with E-state index in [-0.39, 0.29) is 11.9 Å². The first-order chi connectivity index (χ1) is 11.7. The highest BCUT2D eigenvalue weighted by molar-refractivity contribution is 5.84. The molecule has 2 heterocycles. The quantitative estimate of drug-likeness (QED) is 0.757. The van der Waals surface area contributed by atoms with Gasteiger partial charge in [-0.2, -0.15) is 0 Å². The van der Waals surface area contributed by atoms with Crippen molar-refractivity contribution in [2.24, 2.45) is 0 Å². The van der Waals surface area contributed by atoms with Crippen molar-refractivity contribution >= 4 is 11.0 Å². The first kappa shape index (κ1) is 17.0. The summed E-state index contributed by atoms with van der Waals surface area (Å²) in [6.45, 7) is 6.00. The molecule has 0 aliphatic carbocycles. The molecule has 0 unspecified atom stereocenters. The molecule has 5 nitrogen and oxygen atoms in total. The third-order valence-electron chi connectivity index (χ3n) is 4.22. The van der Waals surface area contributed by atoms with Crippen LogP contribution in [-0.4, -0.2) is 26.1 Å². The Morgan fingerprint density at radius 2 is 2.04 bits per heavy atom. The van der Waals surface area contributed by atoms with E-state index in [1.165, 1.54) is 0 Å². The summed E-state index contributed by atoms with van der Waals surface area (Å²) < 4.78 is 22.3. The van der Waals surface area contributed by atoms with E-state index in [4.69, 9.17) is 18.6 Å². The van der Waals surface area contributed by atoms with Crippen molar-refractivity contribution in [2.75, 3.05) is 19.8 Å². The van der Waals surface area contributed by atoms with Crippen molar-refractivity contribution in [3.63, 3.8) is 0 Å². The van der Waals surface area contributed by atoms with Crippen LogP contribution in [0.1, 0.15) is 37.3 Å². The molecule has 0 amide bonds. The minimum absolute atomic E-state index is 0.186. The van der Waals surface area contributed by atoms with E-state index in [2.05, 4.69) is 6.92 Å². The molecular formula is C19H24O5.